The van der Waals surface area contributed by atoms with Crippen LogP contribution in [-0.2, 0) is 6.54 Å². The molecule has 0 bridgehead atoms. The minimum Gasteiger partial charge on any atom is -0.372 e. The van der Waals surface area contributed by atoms with Gasteiger partial charge in [-0.2, -0.15) is 0 Å². The van der Waals surface area contributed by atoms with E-state index in [0.717, 1.165) is 12.6 Å². The molecule has 2 heteroatoms. The molecule has 0 radical (unpaired) electrons. The second-order valence-corrected chi connectivity index (χ2v) is 5.72. The maximum atomic E-state index is 3.67. The normalized spacial score (nSPS) is 20.8. The van der Waals surface area contributed by atoms with Gasteiger partial charge in [-0.3, -0.25) is 0 Å². The lowest BCUT2D eigenvalue weighted by Gasteiger charge is -2.18. The van der Waals surface area contributed by atoms with E-state index >= 15 is 0 Å². The summed E-state index contributed by atoms with van der Waals surface area (Å²) in [5, 5.41) is 3.67. The average Bonchev–Trinajstić information content (AvgIpc) is 3.10. The molecule has 2 fully saturated rings. The Bertz CT molecular complexity index is 359. The van der Waals surface area contributed by atoms with Gasteiger partial charge in [-0.25, -0.2) is 0 Å². The summed E-state index contributed by atoms with van der Waals surface area (Å²) in [5.41, 5.74) is 2.82. The average molecular weight is 244 g/mol. The first-order valence-corrected chi connectivity index (χ1v) is 7.49. The molecule has 2 nitrogen and oxygen atoms in total. The number of benzene rings is 1. The van der Waals surface area contributed by atoms with Crippen LogP contribution >= 0.6 is 0 Å². The van der Waals surface area contributed by atoms with Crippen LogP contribution in [0.5, 0.6) is 0 Å². The topological polar surface area (TPSA) is 15.3 Å². The predicted molar refractivity (Wildman–Crippen MR) is 77.0 cm³/mol. The number of anilines is 1. The summed E-state index contributed by atoms with van der Waals surface area (Å²) >= 11 is 0. The molecule has 1 aromatic rings. The third-order valence-corrected chi connectivity index (χ3v) is 4.36. The molecule has 0 spiro atoms. The van der Waals surface area contributed by atoms with Crippen molar-refractivity contribution in [2.45, 2.75) is 51.1 Å². The monoisotopic (exact) mass is 244 g/mol. The molecule has 18 heavy (non-hydrogen) atoms. The molecule has 1 aromatic carbocycles. The van der Waals surface area contributed by atoms with Crippen molar-refractivity contribution in [3.8, 4) is 0 Å². The molecule has 0 unspecified atom stereocenters. The van der Waals surface area contributed by atoms with Gasteiger partial charge in [0.05, 0.1) is 0 Å². The smallest absolute Gasteiger partial charge is 0.0366 e. The Labute approximate surface area is 110 Å². The van der Waals surface area contributed by atoms with E-state index in [2.05, 4.69) is 34.5 Å². The lowest BCUT2D eigenvalue weighted by atomic mass is 10.1. The summed E-state index contributed by atoms with van der Waals surface area (Å²) in [6.07, 6.45) is 8.25. The van der Waals surface area contributed by atoms with Crippen molar-refractivity contribution in [3.63, 3.8) is 0 Å². The van der Waals surface area contributed by atoms with E-state index in [9.17, 15) is 0 Å². The van der Waals surface area contributed by atoms with E-state index in [1.54, 1.807) is 0 Å². The Balaban J connectivity index is 1.53. The van der Waals surface area contributed by atoms with Gasteiger partial charge in [-0.1, -0.05) is 25.0 Å². The van der Waals surface area contributed by atoms with Crippen molar-refractivity contribution in [3.05, 3.63) is 29.8 Å². The summed E-state index contributed by atoms with van der Waals surface area (Å²) in [6, 6.07) is 9.92. The minimum absolute atomic E-state index is 0.767. The van der Waals surface area contributed by atoms with Gasteiger partial charge in [0.2, 0.25) is 0 Å². The minimum atomic E-state index is 0.767. The Morgan fingerprint density at radius 1 is 0.944 bits per heavy atom. The molecule has 1 saturated carbocycles. The first-order chi connectivity index (χ1) is 8.92. The highest BCUT2D eigenvalue weighted by Gasteiger charge is 2.14. The van der Waals surface area contributed by atoms with Crippen molar-refractivity contribution in [2.75, 3.05) is 18.0 Å². The summed E-state index contributed by atoms with van der Waals surface area (Å²) < 4.78 is 0. The first kappa shape index (κ1) is 12.0. The predicted octanol–water partition coefficient (Wildman–Crippen LogP) is 3.32. The van der Waals surface area contributed by atoms with Crippen molar-refractivity contribution in [1.29, 1.82) is 0 Å². The fourth-order valence-electron chi connectivity index (χ4n) is 3.19. The number of nitrogens with zero attached hydrogens (tertiary/aromatic N) is 1. The highest BCUT2D eigenvalue weighted by atomic mass is 15.1. The molecule has 1 saturated heterocycles. The van der Waals surface area contributed by atoms with E-state index in [4.69, 9.17) is 0 Å². The Morgan fingerprint density at radius 3 is 2.28 bits per heavy atom. The zero-order chi connectivity index (χ0) is 12.2. The molecule has 2 aliphatic rings. The molecular weight excluding hydrogens is 220 g/mol. The molecule has 3 rings (SSSR count). The highest BCUT2D eigenvalue weighted by Crippen LogP contribution is 2.21. The lowest BCUT2D eigenvalue weighted by Crippen LogP contribution is -2.25. The second-order valence-electron chi connectivity index (χ2n) is 5.72. The van der Waals surface area contributed by atoms with Crippen LogP contribution in [0.1, 0.15) is 44.1 Å². The molecular formula is C16H24N2. The van der Waals surface area contributed by atoms with Crippen LogP contribution in [0.25, 0.3) is 0 Å². The van der Waals surface area contributed by atoms with Crippen LogP contribution in [0.3, 0.4) is 0 Å². The van der Waals surface area contributed by atoms with Crippen LogP contribution in [0.4, 0.5) is 5.69 Å². The first-order valence-electron chi connectivity index (χ1n) is 7.49. The molecule has 98 valence electrons. The van der Waals surface area contributed by atoms with Gasteiger partial charge < -0.3 is 10.2 Å². The third kappa shape index (κ3) is 2.86. The third-order valence-electron chi connectivity index (χ3n) is 4.36. The van der Waals surface area contributed by atoms with E-state index in [-0.39, 0.29) is 0 Å². The standard InChI is InChI=1S/C16H24N2/c1-2-6-15(5-1)17-13-14-7-9-16(10-8-14)18-11-3-4-12-18/h7-10,15,17H,1-6,11-13H2. The maximum Gasteiger partial charge on any atom is 0.0366 e. The van der Waals surface area contributed by atoms with Gasteiger partial charge in [0.1, 0.15) is 0 Å². The Hall–Kier alpha value is -1.02. The molecule has 0 amide bonds. The van der Waals surface area contributed by atoms with E-state index in [1.807, 2.05) is 0 Å². The molecule has 0 atom stereocenters. The van der Waals surface area contributed by atoms with Crippen LogP contribution in [0, 0.1) is 0 Å². The quantitative estimate of drug-likeness (QED) is 0.874. The molecule has 0 aromatic heterocycles. The number of hydrogen-bond acceptors (Lipinski definition) is 2. The zero-order valence-corrected chi connectivity index (χ0v) is 11.2. The number of hydrogen-bond donors (Lipinski definition) is 1. The lowest BCUT2D eigenvalue weighted by molar-refractivity contribution is 0.524. The largest absolute Gasteiger partial charge is 0.372 e. The molecule has 1 N–H and O–H groups in total. The van der Waals surface area contributed by atoms with E-state index in [1.165, 1.54) is 62.9 Å². The maximum absolute atomic E-state index is 3.67. The highest BCUT2D eigenvalue weighted by molar-refractivity contribution is 5.48. The number of rotatable bonds is 4. The van der Waals surface area contributed by atoms with Gasteiger partial charge >= 0.3 is 0 Å². The van der Waals surface area contributed by atoms with Crippen LogP contribution in [0.15, 0.2) is 24.3 Å². The van der Waals surface area contributed by atoms with Crippen molar-refractivity contribution >= 4 is 5.69 Å². The number of nitrogens with one attached hydrogen (secondary N) is 1. The van der Waals surface area contributed by atoms with Crippen LogP contribution in [-0.4, -0.2) is 19.1 Å². The summed E-state index contributed by atoms with van der Waals surface area (Å²) in [4.78, 5) is 2.49. The fraction of sp³-hybridized carbons (Fsp3) is 0.625. The van der Waals surface area contributed by atoms with Gasteiger partial charge in [-0.15, -0.1) is 0 Å². The van der Waals surface area contributed by atoms with Crippen molar-refractivity contribution in [2.24, 2.45) is 0 Å². The van der Waals surface area contributed by atoms with Crippen LogP contribution < -0.4 is 10.2 Å². The Morgan fingerprint density at radius 2 is 1.61 bits per heavy atom. The summed E-state index contributed by atoms with van der Waals surface area (Å²) in [5.74, 6) is 0. The van der Waals surface area contributed by atoms with Crippen LogP contribution in [0.2, 0.25) is 0 Å². The van der Waals surface area contributed by atoms with Gasteiger partial charge in [-0.05, 0) is 43.4 Å². The molecule has 1 heterocycles. The van der Waals surface area contributed by atoms with Gasteiger partial charge in [0.15, 0.2) is 0 Å². The SMILES string of the molecule is c1cc(N2CCCC2)ccc1CNC1CCCC1. The van der Waals surface area contributed by atoms with Gasteiger partial charge in [0, 0.05) is 31.4 Å². The summed E-state index contributed by atoms with van der Waals surface area (Å²) in [7, 11) is 0. The summed E-state index contributed by atoms with van der Waals surface area (Å²) in [6.45, 7) is 3.50. The second kappa shape index (κ2) is 5.75. The van der Waals surface area contributed by atoms with E-state index in [0.29, 0.717) is 0 Å². The van der Waals surface area contributed by atoms with E-state index < -0.39 is 0 Å². The molecule has 1 aliphatic heterocycles. The fourth-order valence-corrected chi connectivity index (χ4v) is 3.19. The zero-order valence-electron chi connectivity index (χ0n) is 11.2. The van der Waals surface area contributed by atoms with Crippen molar-refractivity contribution < 1.29 is 0 Å². The molecule has 1 aliphatic carbocycles. The van der Waals surface area contributed by atoms with Crippen molar-refractivity contribution in [1.82, 2.24) is 5.32 Å². The Kier molecular flexibility index (Phi) is 3.84. The van der Waals surface area contributed by atoms with Gasteiger partial charge in [0.25, 0.3) is 0 Å².